The van der Waals surface area contributed by atoms with E-state index in [1.807, 2.05) is 0 Å². The summed E-state index contributed by atoms with van der Waals surface area (Å²) in [5, 5.41) is 0. The number of ether oxygens (including phenoxy) is 1. The summed E-state index contributed by atoms with van der Waals surface area (Å²) < 4.78 is 6.19. The minimum absolute atomic E-state index is 0.0492. The first-order chi connectivity index (χ1) is 10.3. The maximum Gasteiger partial charge on any atom is 0.142 e. The zero-order chi connectivity index (χ0) is 15.7. The molecule has 0 spiro atoms. The molecule has 2 nitrogen and oxygen atoms in total. The van der Waals surface area contributed by atoms with Crippen LogP contribution in [0.3, 0.4) is 0 Å². The van der Waals surface area contributed by atoms with Crippen LogP contribution in [-0.2, 0) is 9.53 Å². The lowest BCUT2D eigenvalue weighted by atomic mass is 9.55. The molecule has 4 rings (SSSR count). The molecule has 3 fully saturated rings. The Bertz CT molecular complexity index is 532. The molecule has 22 heavy (non-hydrogen) atoms. The molecule has 1 saturated heterocycles. The third kappa shape index (κ3) is 1.99. The van der Waals surface area contributed by atoms with E-state index < -0.39 is 0 Å². The number of allylic oxidation sites excluding steroid dienone is 2. The summed E-state index contributed by atoms with van der Waals surface area (Å²) in [6.45, 7) is 9.88. The van der Waals surface area contributed by atoms with Crippen LogP contribution in [-0.4, -0.2) is 18.0 Å². The maximum atomic E-state index is 13.3. The predicted molar refractivity (Wildman–Crippen MR) is 87.4 cm³/mol. The summed E-state index contributed by atoms with van der Waals surface area (Å²) >= 11 is 0. The van der Waals surface area contributed by atoms with E-state index in [0.29, 0.717) is 35.6 Å². The molecule has 2 bridgehead atoms. The van der Waals surface area contributed by atoms with Gasteiger partial charge in [-0.15, -0.1) is 0 Å². The number of rotatable bonds is 0. The largest absolute Gasteiger partial charge is 0.375 e. The van der Waals surface area contributed by atoms with Crippen molar-refractivity contribution < 1.29 is 9.53 Å². The quantitative estimate of drug-likeness (QED) is 0.620. The Labute approximate surface area is 134 Å². The number of ketones is 1. The van der Waals surface area contributed by atoms with E-state index >= 15 is 0 Å². The molecular weight excluding hydrogens is 272 g/mol. The number of Topliss-reactive ketones (excluding diaryl/α,β-unsaturated/α-hetero) is 1. The van der Waals surface area contributed by atoms with Crippen LogP contribution in [0.2, 0.25) is 0 Å². The fourth-order valence-electron chi connectivity index (χ4n) is 6.32. The van der Waals surface area contributed by atoms with Gasteiger partial charge in [-0.2, -0.15) is 0 Å². The van der Waals surface area contributed by atoms with Crippen molar-refractivity contribution in [3.8, 4) is 0 Å². The normalized spacial score (nSPS) is 49.9. The van der Waals surface area contributed by atoms with Gasteiger partial charge >= 0.3 is 0 Å². The van der Waals surface area contributed by atoms with Crippen LogP contribution in [0.1, 0.15) is 59.8 Å². The highest BCUT2D eigenvalue weighted by Gasteiger charge is 2.58. The van der Waals surface area contributed by atoms with Gasteiger partial charge < -0.3 is 4.74 Å². The summed E-state index contributed by atoms with van der Waals surface area (Å²) in [5.74, 6) is 2.65. The zero-order valence-corrected chi connectivity index (χ0v) is 14.5. The minimum atomic E-state index is -0.0492. The fourth-order valence-corrected chi connectivity index (χ4v) is 6.32. The molecule has 0 amide bonds. The van der Waals surface area contributed by atoms with Crippen molar-refractivity contribution in [1.82, 2.24) is 0 Å². The van der Waals surface area contributed by atoms with Crippen LogP contribution < -0.4 is 0 Å². The van der Waals surface area contributed by atoms with Crippen LogP contribution in [0, 0.1) is 35.0 Å². The molecule has 0 aromatic rings. The Morgan fingerprint density at radius 3 is 2.73 bits per heavy atom. The molecular formula is C20H30O2. The molecule has 122 valence electrons. The molecule has 2 saturated carbocycles. The van der Waals surface area contributed by atoms with Gasteiger partial charge in [0.2, 0.25) is 0 Å². The van der Waals surface area contributed by atoms with Crippen molar-refractivity contribution in [2.75, 3.05) is 6.61 Å². The average Bonchev–Trinajstić information content (AvgIpc) is 2.52. The van der Waals surface area contributed by atoms with Crippen LogP contribution >= 0.6 is 0 Å². The first-order valence-electron chi connectivity index (χ1n) is 9.15. The maximum absolute atomic E-state index is 13.3. The first kappa shape index (κ1) is 14.9. The topological polar surface area (TPSA) is 26.3 Å². The Morgan fingerprint density at radius 2 is 1.95 bits per heavy atom. The molecule has 6 atom stereocenters. The van der Waals surface area contributed by atoms with Crippen molar-refractivity contribution in [3.63, 3.8) is 0 Å². The lowest BCUT2D eigenvalue weighted by molar-refractivity contribution is -0.174. The summed E-state index contributed by atoms with van der Waals surface area (Å²) in [4.78, 5) is 13.3. The highest BCUT2D eigenvalue weighted by atomic mass is 16.5. The van der Waals surface area contributed by atoms with Gasteiger partial charge in [-0.25, -0.2) is 0 Å². The van der Waals surface area contributed by atoms with E-state index in [0.717, 1.165) is 12.8 Å². The average molecular weight is 302 g/mol. The van der Waals surface area contributed by atoms with Gasteiger partial charge in [-0.3, -0.25) is 4.79 Å². The Hall–Kier alpha value is -0.630. The van der Waals surface area contributed by atoms with E-state index in [4.69, 9.17) is 4.74 Å². The van der Waals surface area contributed by atoms with Crippen molar-refractivity contribution in [2.45, 2.75) is 65.4 Å². The number of carbonyl (C=O) groups is 1. The van der Waals surface area contributed by atoms with Gasteiger partial charge in [-0.1, -0.05) is 18.6 Å². The SMILES string of the molecule is CC1=CC[C@H]2C(=O)[C@@H]3COC(C)(C)[C@@H]4CC[C@@](C)(C[C@@H]43)[C@@H]2C1. The van der Waals surface area contributed by atoms with E-state index in [1.165, 1.54) is 24.8 Å². The summed E-state index contributed by atoms with van der Waals surface area (Å²) in [6, 6.07) is 0. The molecule has 2 heteroatoms. The highest BCUT2D eigenvalue weighted by molar-refractivity contribution is 5.85. The molecule has 0 aromatic carbocycles. The van der Waals surface area contributed by atoms with E-state index in [2.05, 4.69) is 33.8 Å². The highest BCUT2D eigenvalue weighted by Crippen LogP contribution is 2.61. The predicted octanol–water partition coefficient (Wildman–Crippen LogP) is 4.39. The van der Waals surface area contributed by atoms with Gasteiger partial charge in [0.25, 0.3) is 0 Å². The summed E-state index contributed by atoms with van der Waals surface area (Å²) in [7, 11) is 0. The number of fused-ring (bicyclic) bond motifs is 3. The number of hydrogen-bond acceptors (Lipinski definition) is 2. The second-order valence-corrected chi connectivity index (χ2v) is 9.29. The molecule has 0 aromatic heterocycles. The van der Waals surface area contributed by atoms with Gasteiger partial charge in [0.05, 0.1) is 12.2 Å². The second kappa shape index (κ2) is 4.69. The lowest BCUT2D eigenvalue weighted by Crippen LogP contribution is -2.53. The molecule has 0 unspecified atom stereocenters. The Kier molecular flexibility index (Phi) is 3.18. The monoisotopic (exact) mass is 302 g/mol. The van der Waals surface area contributed by atoms with Crippen molar-refractivity contribution in [1.29, 1.82) is 0 Å². The van der Waals surface area contributed by atoms with E-state index in [1.54, 1.807) is 0 Å². The van der Waals surface area contributed by atoms with Gasteiger partial charge in [0.15, 0.2) is 0 Å². The lowest BCUT2D eigenvalue weighted by Gasteiger charge is -2.53. The van der Waals surface area contributed by atoms with E-state index in [-0.39, 0.29) is 17.4 Å². The van der Waals surface area contributed by atoms with Crippen LogP contribution in [0.5, 0.6) is 0 Å². The minimum Gasteiger partial charge on any atom is -0.375 e. The van der Waals surface area contributed by atoms with Gasteiger partial charge in [0, 0.05) is 11.8 Å². The molecule has 1 heterocycles. The smallest absolute Gasteiger partial charge is 0.142 e. The van der Waals surface area contributed by atoms with Crippen LogP contribution in [0.15, 0.2) is 11.6 Å². The van der Waals surface area contributed by atoms with Crippen molar-refractivity contribution >= 4 is 5.78 Å². The fraction of sp³-hybridized carbons (Fsp3) is 0.850. The van der Waals surface area contributed by atoms with Gasteiger partial charge in [-0.05, 0) is 76.0 Å². The number of carbonyl (C=O) groups excluding carboxylic acids is 1. The Morgan fingerprint density at radius 1 is 1.18 bits per heavy atom. The van der Waals surface area contributed by atoms with E-state index in [9.17, 15) is 4.79 Å². The number of hydrogen-bond donors (Lipinski definition) is 0. The third-order valence-corrected chi connectivity index (χ3v) is 7.66. The third-order valence-electron chi connectivity index (χ3n) is 7.66. The van der Waals surface area contributed by atoms with Crippen molar-refractivity contribution in [2.24, 2.45) is 35.0 Å². The molecule has 0 radical (unpaired) electrons. The summed E-state index contributed by atoms with van der Waals surface area (Å²) in [5.41, 5.74) is 1.81. The summed E-state index contributed by atoms with van der Waals surface area (Å²) in [6.07, 6.45) is 8.20. The zero-order valence-electron chi connectivity index (χ0n) is 14.5. The second-order valence-electron chi connectivity index (χ2n) is 9.29. The molecule has 4 aliphatic rings. The standard InChI is InChI=1S/C20H30O2/c1-12-5-6-13-17(9-12)20(4)8-7-16-14(10-20)15(18(13)21)11-22-19(16,2)3/h5,13-17H,6-11H2,1-4H3/t13-,14-,15-,16-,17-,20+/m1/s1. The Balaban J connectivity index is 1.77. The van der Waals surface area contributed by atoms with Gasteiger partial charge in [0.1, 0.15) is 5.78 Å². The molecule has 3 aliphatic carbocycles. The molecule has 0 N–H and O–H groups in total. The van der Waals surface area contributed by atoms with Crippen molar-refractivity contribution in [3.05, 3.63) is 11.6 Å². The first-order valence-corrected chi connectivity index (χ1v) is 9.15. The molecule has 1 aliphatic heterocycles. The van der Waals surface area contributed by atoms with Crippen LogP contribution in [0.25, 0.3) is 0 Å². The van der Waals surface area contributed by atoms with Crippen LogP contribution in [0.4, 0.5) is 0 Å².